The van der Waals surface area contributed by atoms with Crippen molar-refractivity contribution in [3.63, 3.8) is 0 Å². The maximum absolute atomic E-state index is 12.2. The Morgan fingerprint density at radius 2 is 2.16 bits per heavy atom. The third kappa shape index (κ3) is 3.03. The lowest BCUT2D eigenvalue weighted by Gasteiger charge is -2.34. The summed E-state index contributed by atoms with van der Waals surface area (Å²) < 4.78 is 6.24. The normalized spacial score (nSPS) is 23.2. The molecule has 1 unspecified atom stereocenters. The summed E-state index contributed by atoms with van der Waals surface area (Å²) in [5.74, 6) is 0.580. The number of anilines is 1. The second-order valence-electron chi connectivity index (χ2n) is 4.77. The Bertz CT molecular complexity index is 463. The topological polar surface area (TPSA) is 67.3 Å². The molecular weight excluding hydrogens is 312 g/mol. The van der Waals surface area contributed by atoms with Crippen LogP contribution < -0.4 is 10.2 Å². The van der Waals surface area contributed by atoms with Crippen molar-refractivity contribution in [3.8, 4) is 0 Å². The first-order valence-electron chi connectivity index (χ1n) is 6.36. The van der Waals surface area contributed by atoms with E-state index < -0.39 is 0 Å². The summed E-state index contributed by atoms with van der Waals surface area (Å²) in [5.41, 5.74) is 0. The highest BCUT2D eigenvalue weighted by Gasteiger charge is 2.34. The van der Waals surface area contributed by atoms with Crippen molar-refractivity contribution >= 4 is 27.8 Å². The Kier molecular flexibility index (Phi) is 3.65. The molecule has 1 atom stereocenters. The molecule has 0 spiro atoms. The number of nitrogens with one attached hydrogen (secondary N) is 1. The van der Waals surface area contributed by atoms with Crippen LogP contribution in [0.3, 0.4) is 0 Å². The molecule has 2 fully saturated rings. The molecule has 102 valence electrons. The summed E-state index contributed by atoms with van der Waals surface area (Å²) in [5, 5.41) is 3.01. The molecule has 7 heteroatoms. The Balaban J connectivity index is 1.75. The van der Waals surface area contributed by atoms with E-state index in [1.807, 2.05) is 4.90 Å². The van der Waals surface area contributed by atoms with Crippen LogP contribution in [0.15, 0.2) is 16.9 Å². The van der Waals surface area contributed by atoms with Gasteiger partial charge in [-0.1, -0.05) is 0 Å². The molecule has 1 aromatic rings. The summed E-state index contributed by atoms with van der Waals surface area (Å²) in [6.07, 6.45) is 5.53. The van der Waals surface area contributed by atoms with E-state index in [1.54, 1.807) is 12.4 Å². The summed E-state index contributed by atoms with van der Waals surface area (Å²) in [7, 11) is 0. The van der Waals surface area contributed by atoms with Crippen LogP contribution in [0.2, 0.25) is 0 Å². The number of ether oxygens (including phenoxy) is 1. The molecule has 6 nitrogen and oxygen atoms in total. The quantitative estimate of drug-likeness (QED) is 0.886. The van der Waals surface area contributed by atoms with Gasteiger partial charge < -0.3 is 15.0 Å². The fourth-order valence-corrected chi connectivity index (χ4v) is 2.24. The molecule has 1 aromatic heterocycles. The SMILES string of the molecule is O=C(NC1CC1)C1COCCN1c1ncc(Br)cn1. The lowest BCUT2D eigenvalue weighted by atomic mass is 10.2. The van der Waals surface area contributed by atoms with E-state index in [9.17, 15) is 4.79 Å². The highest BCUT2D eigenvalue weighted by molar-refractivity contribution is 9.10. The Labute approximate surface area is 119 Å². The number of halogens is 1. The van der Waals surface area contributed by atoms with Gasteiger partial charge >= 0.3 is 0 Å². The summed E-state index contributed by atoms with van der Waals surface area (Å²) >= 11 is 3.31. The largest absolute Gasteiger partial charge is 0.377 e. The minimum atomic E-state index is -0.337. The van der Waals surface area contributed by atoms with Crippen LogP contribution in [0, 0.1) is 0 Å². The first-order chi connectivity index (χ1) is 9.24. The molecule has 0 aromatic carbocycles. The highest BCUT2D eigenvalue weighted by atomic mass is 79.9. The van der Waals surface area contributed by atoms with E-state index >= 15 is 0 Å². The van der Waals surface area contributed by atoms with Crippen molar-refractivity contribution in [2.45, 2.75) is 24.9 Å². The number of carbonyl (C=O) groups is 1. The Morgan fingerprint density at radius 1 is 1.42 bits per heavy atom. The number of hydrogen-bond donors (Lipinski definition) is 1. The molecule has 1 aliphatic carbocycles. The molecule has 2 heterocycles. The van der Waals surface area contributed by atoms with E-state index in [4.69, 9.17) is 4.74 Å². The standard InChI is InChI=1S/C12H15BrN4O2/c13-8-5-14-12(15-6-8)17-3-4-19-7-10(17)11(18)16-9-1-2-9/h5-6,9-10H,1-4,7H2,(H,16,18). The van der Waals surface area contributed by atoms with Crippen molar-refractivity contribution < 1.29 is 9.53 Å². The third-order valence-corrected chi connectivity index (χ3v) is 3.63. The fourth-order valence-electron chi connectivity index (χ4n) is 2.04. The van der Waals surface area contributed by atoms with Crippen LogP contribution in [-0.4, -0.2) is 47.7 Å². The molecular formula is C12H15BrN4O2. The molecule has 1 aliphatic heterocycles. The molecule has 0 bridgehead atoms. The van der Waals surface area contributed by atoms with Gasteiger partial charge in [0.05, 0.1) is 17.7 Å². The molecule has 1 saturated carbocycles. The Morgan fingerprint density at radius 3 is 2.84 bits per heavy atom. The van der Waals surface area contributed by atoms with Gasteiger partial charge in [0, 0.05) is 25.0 Å². The van der Waals surface area contributed by atoms with Crippen molar-refractivity contribution in [1.82, 2.24) is 15.3 Å². The van der Waals surface area contributed by atoms with Crippen LogP contribution in [0.5, 0.6) is 0 Å². The van der Waals surface area contributed by atoms with E-state index in [1.165, 1.54) is 0 Å². The second-order valence-corrected chi connectivity index (χ2v) is 5.68. The van der Waals surface area contributed by atoms with Crippen molar-refractivity contribution in [2.75, 3.05) is 24.7 Å². The van der Waals surface area contributed by atoms with Crippen LogP contribution in [-0.2, 0) is 9.53 Å². The number of nitrogens with zero attached hydrogens (tertiary/aromatic N) is 3. The Hall–Kier alpha value is -1.21. The minimum absolute atomic E-state index is 0.00807. The van der Waals surface area contributed by atoms with E-state index in [0.29, 0.717) is 31.7 Å². The number of aromatic nitrogens is 2. The predicted molar refractivity (Wildman–Crippen MR) is 72.8 cm³/mol. The van der Waals surface area contributed by atoms with Crippen LogP contribution >= 0.6 is 15.9 Å². The third-order valence-electron chi connectivity index (χ3n) is 3.22. The van der Waals surface area contributed by atoms with Gasteiger partial charge in [0.1, 0.15) is 6.04 Å². The number of carbonyl (C=O) groups excluding carboxylic acids is 1. The fraction of sp³-hybridized carbons (Fsp3) is 0.583. The lowest BCUT2D eigenvalue weighted by molar-refractivity contribution is -0.124. The zero-order valence-corrected chi connectivity index (χ0v) is 12.0. The smallest absolute Gasteiger partial charge is 0.245 e. The minimum Gasteiger partial charge on any atom is -0.377 e. The average Bonchev–Trinajstić information content (AvgIpc) is 3.23. The second kappa shape index (κ2) is 5.42. The van der Waals surface area contributed by atoms with Gasteiger partial charge in [0.15, 0.2) is 0 Å². The predicted octanol–water partition coefficient (Wildman–Crippen LogP) is 0.723. The van der Waals surface area contributed by atoms with Gasteiger partial charge in [-0.3, -0.25) is 4.79 Å². The first-order valence-corrected chi connectivity index (χ1v) is 7.15. The van der Waals surface area contributed by atoms with Crippen LogP contribution in [0.1, 0.15) is 12.8 Å². The van der Waals surface area contributed by atoms with Crippen LogP contribution in [0.25, 0.3) is 0 Å². The summed E-state index contributed by atoms with van der Waals surface area (Å²) in [4.78, 5) is 22.6. The zero-order valence-electron chi connectivity index (χ0n) is 10.4. The number of morpholine rings is 1. The van der Waals surface area contributed by atoms with E-state index in [-0.39, 0.29) is 11.9 Å². The van der Waals surface area contributed by atoms with Gasteiger partial charge in [-0.25, -0.2) is 9.97 Å². The van der Waals surface area contributed by atoms with E-state index in [2.05, 4.69) is 31.2 Å². The molecule has 1 N–H and O–H groups in total. The van der Waals surface area contributed by atoms with Gasteiger partial charge in [-0.15, -0.1) is 0 Å². The van der Waals surface area contributed by atoms with Crippen molar-refractivity contribution in [2.24, 2.45) is 0 Å². The summed E-state index contributed by atoms with van der Waals surface area (Å²) in [6.45, 7) is 1.61. The molecule has 3 rings (SSSR count). The zero-order chi connectivity index (χ0) is 13.2. The monoisotopic (exact) mass is 326 g/mol. The number of amides is 1. The van der Waals surface area contributed by atoms with E-state index in [0.717, 1.165) is 17.3 Å². The lowest BCUT2D eigenvalue weighted by Crippen LogP contribution is -2.55. The van der Waals surface area contributed by atoms with Gasteiger partial charge in [-0.2, -0.15) is 0 Å². The number of hydrogen-bond acceptors (Lipinski definition) is 5. The molecule has 1 saturated heterocycles. The highest BCUT2D eigenvalue weighted by Crippen LogP contribution is 2.21. The van der Waals surface area contributed by atoms with Crippen LogP contribution in [0.4, 0.5) is 5.95 Å². The average molecular weight is 327 g/mol. The first kappa shape index (κ1) is 12.8. The maximum atomic E-state index is 12.2. The van der Waals surface area contributed by atoms with Gasteiger partial charge in [0.25, 0.3) is 0 Å². The van der Waals surface area contributed by atoms with Crippen molar-refractivity contribution in [1.29, 1.82) is 0 Å². The van der Waals surface area contributed by atoms with Gasteiger partial charge in [0.2, 0.25) is 11.9 Å². The maximum Gasteiger partial charge on any atom is 0.245 e. The van der Waals surface area contributed by atoms with Gasteiger partial charge in [-0.05, 0) is 28.8 Å². The molecule has 0 radical (unpaired) electrons. The molecule has 1 amide bonds. The summed E-state index contributed by atoms with van der Waals surface area (Å²) in [6, 6.07) is 0.0117. The molecule has 2 aliphatic rings. The number of rotatable bonds is 3. The van der Waals surface area contributed by atoms with Crippen molar-refractivity contribution in [3.05, 3.63) is 16.9 Å². The molecule has 19 heavy (non-hydrogen) atoms.